The highest BCUT2D eigenvalue weighted by molar-refractivity contribution is 7.16. The number of fused-ring (bicyclic) bond motifs is 1. The summed E-state index contributed by atoms with van der Waals surface area (Å²) >= 11 is 7.21. The molecule has 3 aromatic rings. The largest absolute Gasteiger partial charge is 0.468 e. The predicted molar refractivity (Wildman–Crippen MR) is 97.9 cm³/mol. The number of methoxy groups -OCH3 is 1. The molecule has 0 atom stereocenters. The van der Waals surface area contributed by atoms with Gasteiger partial charge in [-0.25, -0.2) is 0 Å². The summed E-state index contributed by atoms with van der Waals surface area (Å²) < 4.78 is 7.40. The van der Waals surface area contributed by atoms with Crippen LogP contribution in [0.15, 0.2) is 47.5 Å². The SMILES string of the molecule is COC(=O)Cn1c(=NC(=O)c2ccc(Cl)cc2)sc2cc(C)ccc21. The van der Waals surface area contributed by atoms with Gasteiger partial charge in [0.1, 0.15) is 6.54 Å². The van der Waals surface area contributed by atoms with Crippen LogP contribution in [0.25, 0.3) is 10.2 Å². The first-order chi connectivity index (χ1) is 12.0. The van der Waals surface area contributed by atoms with E-state index in [0.29, 0.717) is 15.4 Å². The van der Waals surface area contributed by atoms with Crippen LogP contribution >= 0.6 is 22.9 Å². The molecule has 0 saturated carbocycles. The highest BCUT2D eigenvalue weighted by Gasteiger charge is 2.12. The maximum Gasteiger partial charge on any atom is 0.325 e. The van der Waals surface area contributed by atoms with Crippen LogP contribution in [-0.2, 0) is 16.1 Å². The first-order valence-electron chi connectivity index (χ1n) is 7.49. The van der Waals surface area contributed by atoms with Gasteiger partial charge in [-0.05, 0) is 48.9 Å². The smallest absolute Gasteiger partial charge is 0.325 e. The van der Waals surface area contributed by atoms with Gasteiger partial charge in [-0.15, -0.1) is 0 Å². The van der Waals surface area contributed by atoms with Crippen LogP contribution in [0.3, 0.4) is 0 Å². The van der Waals surface area contributed by atoms with Crippen molar-refractivity contribution in [1.29, 1.82) is 0 Å². The molecule has 3 rings (SSSR count). The normalized spacial score (nSPS) is 11.7. The van der Waals surface area contributed by atoms with Crippen molar-refractivity contribution in [2.75, 3.05) is 7.11 Å². The molecule has 0 unspecified atom stereocenters. The van der Waals surface area contributed by atoms with Crippen LogP contribution in [0.5, 0.6) is 0 Å². The molecule has 7 heteroatoms. The van der Waals surface area contributed by atoms with E-state index in [2.05, 4.69) is 4.99 Å². The van der Waals surface area contributed by atoms with E-state index in [1.165, 1.54) is 18.4 Å². The molecule has 0 bridgehead atoms. The van der Waals surface area contributed by atoms with E-state index in [1.807, 2.05) is 25.1 Å². The molecule has 0 aliphatic carbocycles. The summed E-state index contributed by atoms with van der Waals surface area (Å²) in [6.07, 6.45) is 0. The lowest BCUT2D eigenvalue weighted by molar-refractivity contribution is -0.141. The van der Waals surface area contributed by atoms with Crippen molar-refractivity contribution in [1.82, 2.24) is 4.57 Å². The van der Waals surface area contributed by atoms with Gasteiger partial charge in [-0.1, -0.05) is 29.0 Å². The first-order valence-corrected chi connectivity index (χ1v) is 8.69. The third kappa shape index (κ3) is 3.81. The molecule has 0 spiro atoms. The number of hydrogen-bond donors (Lipinski definition) is 0. The van der Waals surface area contributed by atoms with Crippen LogP contribution < -0.4 is 4.80 Å². The summed E-state index contributed by atoms with van der Waals surface area (Å²) in [5, 5.41) is 0.551. The van der Waals surface area contributed by atoms with Gasteiger partial charge in [0.15, 0.2) is 4.80 Å². The van der Waals surface area contributed by atoms with Gasteiger partial charge in [0.2, 0.25) is 0 Å². The first kappa shape index (κ1) is 17.4. The second-order valence-corrected chi connectivity index (χ2v) is 6.89. The van der Waals surface area contributed by atoms with Gasteiger partial charge in [0.05, 0.1) is 17.3 Å². The summed E-state index contributed by atoms with van der Waals surface area (Å²) in [7, 11) is 1.33. The van der Waals surface area contributed by atoms with E-state index in [4.69, 9.17) is 16.3 Å². The summed E-state index contributed by atoms with van der Waals surface area (Å²) in [4.78, 5) is 28.9. The van der Waals surface area contributed by atoms with Crippen molar-refractivity contribution < 1.29 is 14.3 Å². The fourth-order valence-corrected chi connectivity index (χ4v) is 3.61. The van der Waals surface area contributed by atoms with E-state index in [1.54, 1.807) is 28.8 Å². The number of benzene rings is 2. The van der Waals surface area contributed by atoms with Gasteiger partial charge >= 0.3 is 5.97 Å². The predicted octanol–water partition coefficient (Wildman–Crippen LogP) is 3.58. The second kappa shape index (κ2) is 7.21. The Morgan fingerprint density at radius 1 is 1.20 bits per heavy atom. The molecule has 0 aliphatic heterocycles. The summed E-state index contributed by atoms with van der Waals surface area (Å²) in [5.41, 5.74) is 2.36. The number of aryl methyl sites for hydroxylation is 1. The van der Waals surface area contributed by atoms with Crippen LogP contribution in [0.4, 0.5) is 0 Å². The molecule has 128 valence electrons. The number of rotatable bonds is 3. The Balaban J connectivity index is 2.13. The average molecular weight is 375 g/mol. The Morgan fingerprint density at radius 2 is 1.92 bits per heavy atom. The fourth-order valence-electron chi connectivity index (χ4n) is 2.36. The quantitative estimate of drug-likeness (QED) is 0.658. The summed E-state index contributed by atoms with van der Waals surface area (Å²) in [6.45, 7) is 1.98. The van der Waals surface area contributed by atoms with Crippen LogP contribution in [0, 0.1) is 6.92 Å². The van der Waals surface area contributed by atoms with Crippen molar-refractivity contribution in [3.05, 3.63) is 63.4 Å². The molecule has 25 heavy (non-hydrogen) atoms. The molecule has 2 aromatic carbocycles. The number of hydrogen-bond acceptors (Lipinski definition) is 4. The summed E-state index contributed by atoms with van der Waals surface area (Å²) in [5.74, 6) is -0.792. The van der Waals surface area contributed by atoms with Crippen molar-refractivity contribution in [3.63, 3.8) is 0 Å². The Hall–Kier alpha value is -2.44. The Morgan fingerprint density at radius 3 is 2.60 bits per heavy atom. The van der Waals surface area contributed by atoms with Crippen LogP contribution in [0.1, 0.15) is 15.9 Å². The van der Waals surface area contributed by atoms with Crippen LogP contribution in [-0.4, -0.2) is 23.6 Å². The highest BCUT2D eigenvalue weighted by Crippen LogP contribution is 2.19. The molecule has 1 heterocycles. The van der Waals surface area contributed by atoms with Crippen LogP contribution in [0.2, 0.25) is 5.02 Å². The monoisotopic (exact) mass is 374 g/mol. The standard InChI is InChI=1S/C18H15ClN2O3S/c1-11-3-8-14-15(9-11)25-18(21(14)10-16(22)24-2)20-17(23)12-4-6-13(19)7-5-12/h3-9H,10H2,1-2H3. The zero-order valence-electron chi connectivity index (χ0n) is 13.7. The van der Waals surface area contributed by atoms with Gasteiger partial charge < -0.3 is 9.30 Å². The third-order valence-corrected chi connectivity index (χ3v) is 4.93. The Labute approximate surface area is 153 Å². The molecular weight excluding hydrogens is 360 g/mol. The molecule has 1 aromatic heterocycles. The molecule has 0 saturated heterocycles. The Bertz CT molecular complexity index is 1020. The molecule has 0 fully saturated rings. The van der Waals surface area contributed by atoms with E-state index in [9.17, 15) is 9.59 Å². The molecule has 5 nitrogen and oxygen atoms in total. The maximum absolute atomic E-state index is 12.4. The van der Waals surface area contributed by atoms with E-state index < -0.39 is 11.9 Å². The number of carbonyl (C=O) groups excluding carboxylic acids is 2. The lowest BCUT2D eigenvalue weighted by Crippen LogP contribution is -2.22. The molecule has 0 aliphatic rings. The van der Waals surface area contributed by atoms with Crippen molar-refractivity contribution in [2.45, 2.75) is 13.5 Å². The van der Waals surface area contributed by atoms with Gasteiger partial charge in [-0.3, -0.25) is 9.59 Å². The molecule has 0 N–H and O–H groups in total. The number of thiazole rings is 1. The zero-order chi connectivity index (χ0) is 18.0. The lowest BCUT2D eigenvalue weighted by Gasteiger charge is -2.03. The van der Waals surface area contributed by atoms with Gasteiger partial charge in [0, 0.05) is 10.6 Å². The number of ether oxygens (including phenoxy) is 1. The van der Waals surface area contributed by atoms with E-state index in [-0.39, 0.29) is 6.54 Å². The topological polar surface area (TPSA) is 60.7 Å². The Kier molecular flexibility index (Phi) is 5.01. The number of halogens is 1. The zero-order valence-corrected chi connectivity index (χ0v) is 15.2. The van der Waals surface area contributed by atoms with Gasteiger partial charge in [0.25, 0.3) is 5.91 Å². The van der Waals surface area contributed by atoms with Crippen molar-refractivity contribution in [3.8, 4) is 0 Å². The van der Waals surface area contributed by atoms with E-state index in [0.717, 1.165) is 15.8 Å². The number of nitrogens with zero attached hydrogens (tertiary/aromatic N) is 2. The molecule has 0 radical (unpaired) electrons. The number of carbonyl (C=O) groups is 2. The highest BCUT2D eigenvalue weighted by atomic mass is 35.5. The molecular formula is C18H15ClN2O3S. The summed E-state index contributed by atoms with van der Waals surface area (Å²) in [6, 6.07) is 12.4. The minimum absolute atomic E-state index is 0.00765. The number of esters is 1. The van der Waals surface area contributed by atoms with Crippen molar-refractivity contribution >= 4 is 45.0 Å². The lowest BCUT2D eigenvalue weighted by atomic mass is 10.2. The second-order valence-electron chi connectivity index (χ2n) is 5.44. The molecule has 1 amide bonds. The third-order valence-electron chi connectivity index (χ3n) is 3.64. The number of aromatic nitrogens is 1. The maximum atomic E-state index is 12.4. The van der Waals surface area contributed by atoms with E-state index >= 15 is 0 Å². The average Bonchev–Trinajstić information content (AvgIpc) is 2.91. The van der Waals surface area contributed by atoms with Crippen molar-refractivity contribution in [2.24, 2.45) is 4.99 Å². The minimum Gasteiger partial charge on any atom is -0.468 e. The fraction of sp³-hybridized carbons (Fsp3) is 0.167. The van der Waals surface area contributed by atoms with Gasteiger partial charge in [-0.2, -0.15) is 4.99 Å². The number of amides is 1. The minimum atomic E-state index is -0.402.